The Balaban J connectivity index is 1.45. The van der Waals surface area contributed by atoms with Gasteiger partial charge in [-0.05, 0) is 90.5 Å². The van der Waals surface area contributed by atoms with Gasteiger partial charge in [0, 0.05) is 38.2 Å². The van der Waals surface area contributed by atoms with Gasteiger partial charge in [0.05, 0.1) is 67.3 Å². The van der Waals surface area contributed by atoms with E-state index < -0.39 is 58.1 Å². The summed E-state index contributed by atoms with van der Waals surface area (Å²) in [5.41, 5.74) is -5.45. The van der Waals surface area contributed by atoms with E-state index in [2.05, 4.69) is 0 Å². The van der Waals surface area contributed by atoms with Crippen molar-refractivity contribution in [3.05, 3.63) is 167 Å². The van der Waals surface area contributed by atoms with Crippen LogP contribution in [-0.2, 0) is 24.7 Å². The largest absolute Gasteiger partial charge is 0.417 e. The van der Waals surface area contributed by atoms with Crippen LogP contribution in [0.15, 0.2) is 140 Å². The monoisotopic (exact) mass is 857 g/mol. The maximum atomic E-state index is 14.7. The summed E-state index contributed by atoms with van der Waals surface area (Å²) in [5, 5.41) is 11.1. The molecule has 9 aromatic rings. The van der Waals surface area contributed by atoms with Crippen molar-refractivity contribution in [2.45, 2.75) is 24.7 Å². The lowest BCUT2D eigenvalue weighted by Crippen LogP contribution is -2.14. The summed E-state index contributed by atoms with van der Waals surface area (Å²) in [6, 6.07) is 30.1. The average molecular weight is 858 g/mol. The first-order valence-electron chi connectivity index (χ1n) is 18.4. The lowest BCUT2D eigenvalue weighted by molar-refractivity contribution is -0.142. The van der Waals surface area contributed by atoms with Gasteiger partial charge in [0.15, 0.2) is 0 Å². The lowest BCUT2D eigenvalue weighted by atomic mass is 9.90. The topological polar surface area (TPSA) is 33.6 Å². The first-order chi connectivity index (χ1) is 29.3. The normalized spacial score (nSPS) is 12.8. The van der Waals surface area contributed by atoms with Gasteiger partial charge in [0.1, 0.15) is 0 Å². The summed E-state index contributed by atoms with van der Waals surface area (Å²) in [7, 11) is 0. The molecule has 0 unspecified atom stereocenters. The van der Waals surface area contributed by atoms with E-state index in [9.17, 15) is 57.9 Å². The molecule has 7 aromatic carbocycles. The molecule has 0 saturated carbocycles. The van der Waals surface area contributed by atoms with Crippen LogP contribution in [-0.4, -0.2) is 9.13 Å². The zero-order valence-corrected chi connectivity index (χ0v) is 31.2. The first kappa shape index (κ1) is 40.2. The number of hydrogen-bond donors (Lipinski definition) is 0. The molecule has 0 fully saturated rings. The van der Waals surface area contributed by atoms with E-state index in [0.29, 0.717) is 40.0 Å². The molecule has 2 heterocycles. The van der Waals surface area contributed by atoms with Gasteiger partial charge in [-0.25, -0.2) is 0 Å². The van der Waals surface area contributed by atoms with E-state index in [4.69, 9.17) is 0 Å². The Morgan fingerprint density at radius 3 is 1.35 bits per heavy atom. The summed E-state index contributed by atoms with van der Waals surface area (Å²) >= 11 is 0. The number of aromatic nitrogens is 2. The second kappa shape index (κ2) is 13.9. The molecule has 9 rings (SSSR count). The molecule has 3 nitrogen and oxygen atoms in total. The van der Waals surface area contributed by atoms with Crippen LogP contribution in [0.25, 0.3) is 77.2 Å². The molecule has 0 saturated heterocycles. The molecule has 2 aromatic heterocycles. The summed E-state index contributed by atoms with van der Waals surface area (Å²) in [5.74, 6) is 0. The number of nitriles is 1. The van der Waals surface area contributed by atoms with E-state index in [1.165, 1.54) is 41.0 Å². The maximum Gasteiger partial charge on any atom is 0.417 e. The highest BCUT2D eigenvalue weighted by atomic mass is 19.4. The summed E-state index contributed by atoms with van der Waals surface area (Å²) in [4.78, 5) is 0. The van der Waals surface area contributed by atoms with Crippen LogP contribution in [0, 0.1) is 11.3 Å². The minimum absolute atomic E-state index is 0.0347. The zero-order valence-electron chi connectivity index (χ0n) is 31.2. The van der Waals surface area contributed by atoms with Crippen molar-refractivity contribution in [3.63, 3.8) is 0 Å². The van der Waals surface area contributed by atoms with Crippen LogP contribution in [0.2, 0.25) is 0 Å². The van der Waals surface area contributed by atoms with Gasteiger partial charge in [-0.15, -0.1) is 0 Å². The molecule has 0 aliphatic heterocycles. The smallest absolute Gasteiger partial charge is 0.309 e. The number of hydrogen-bond acceptors (Lipinski definition) is 1. The van der Waals surface area contributed by atoms with Gasteiger partial charge >= 0.3 is 24.7 Å². The Labute approximate surface area is 341 Å². The van der Waals surface area contributed by atoms with Crippen molar-refractivity contribution in [3.8, 4) is 39.7 Å². The lowest BCUT2D eigenvalue weighted by Gasteiger charge is -2.22. The van der Waals surface area contributed by atoms with Crippen molar-refractivity contribution in [2.75, 3.05) is 0 Å². The van der Waals surface area contributed by atoms with Crippen LogP contribution in [0.3, 0.4) is 0 Å². The third-order valence-electron chi connectivity index (χ3n) is 10.9. The van der Waals surface area contributed by atoms with Crippen molar-refractivity contribution >= 4 is 43.6 Å². The van der Waals surface area contributed by atoms with Gasteiger partial charge in [0.2, 0.25) is 0 Å². The molecule has 0 radical (unpaired) electrons. The predicted octanol–water partition coefficient (Wildman–Crippen LogP) is 15.2. The zero-order chi connectivity index (χ0) is 44.1. The SMILES string of the molecule is N#Cc1ccc(-c2cc(-c3c(C(F)(F)F)cccc3C(F)(F)F)ccc2-n2c3ccccc3c3cc(C(F)(F)F)ccc32)c(-n2c3ccccc3c3cc(C(F)(F)F)ccc32)c1. The van der Waals surface area contributed by atoms with Gasteiger partial charge in [-0.2, -0.15) is 57.9 Å². The minimum Gasteiger partial charge on any atom is -0.309 e. The Morgan fingerprint density at radius 1 is 0.387 bits per heavy atom. The molecule has 15 heteroatoms. The number of para-hydroxylation sites is 2. The second-order valence-corrected chi connectivity index (χ2v) is 14.5. The summed E-state index contributed by atoms with van der Waals surface area (Å²) < 4.78 is 175. The number of halogens is 12. The highest BCUT2D eigenvalue weighted by molar-refractivity contribution is 6.12. The quantitative estimate of drug-likeness (QED) is 0.162. The number of fused-ring (bicyclic) bond motifs is 6. The van der Waals surface area contributed by atoms with Crippen LogP contribution in [0.1, 0.15) is 27.8 Å². The Hall–Kier alpha value is -7.21. The first-order valence-corrected chi connectivity index (χ1v) is 18.4. The molecule has 0 spiro atoms. The Morgan fingerprint density at radius 2 is 0.871 bits per heavy atom. The van der Waals surface area contributed by atoms with Crippen LogP contribution < -0.4 is 0 Å². The van der Waals surface area contributed by atoms with E-state index >= 15 is 0 Å². The van der Waals surface area contributed by atoms with E-state index in [1.807, 2.05) is 6.07 Å². The molecule has 310 valence electrons. The fraction of sp³-hybridized carbons (Fsp3) is 0.0851. The minimum atomic E-state index is -5.27. The highest BCUT2D eigenvalue weighted by Crippen LogP contribution is 2.48. The van der Waals surface area contributed by atoms with Crippen molar-refractivity contribution in [1.82, 2.24) is 9.13 Å². The van der Waals surface area contributed by atoms with Crippen LogP contribution in [0.5, 0.6) is 0 Å². The maximum absolute atomic E-state index is 14.7. The molecular weight excluding hydrogens is 835 g/mol. The summed E-state index contributed by atoms with van der Waals surface area (Å²) in [6.07, 6.45) is -20.0. The number of rotatable bonds is 4. The highest BCUT2D eigenvalue weighted by Gasteiger charge is 2.41. The number of nitrogens with zero attached hydrogens (tertiary/aromatic N) is 3. The predicted molar refractivity (Wildman–Crippen MR) is 211 cm³/mol. The average Bonchev–Trinajstić information content (AvgIpc) is 3.74. The number of benzene rings is 7. The Kier molecular flexibility index (Phi) is 9.02. The standard InChI is InChI=1S/C47H23F12N3/c48-44(49,50)27-14-18-40-33(22-27)29-6-1-3-10-37(29)61(40)39-17-13-26(43-35(46(54,55)56)8-5-9-36(43)47(57,58)59)21-32(39)31-16-12-25(24-60)20-42(31)62-38-11-4-2-7-30(38)34-23-28(45(51,52)53)15-19-41(34)62/h1-23H. The van der Waals surface area contributed by atoms with E-state index in [-0.39, 0.29) is 49.9 Å². The van der Waals surface area contributed by atoms with Crippen LogP contribution >= 0.6 is 0 Å². The molecule has 0 bridgehead atoms. The van der Waals surface area contributed by atoms with Crippen molar-refractivity contribution in [2.24, 2.45) is 0 Å². The van der Waals surface area contributed by atoms with Gasteiger partial charge in [-0.1, -0.05) is 54.6 Å². The molecule has 0 aliphatic carbocycles. The van der Waals surface area contributed by atoms with E-state index in [0.717, 1.165) is 36.4 Å². The second-order valence-electron chi connectivity index (χ2n) is 14.5. The van der Waals surface area contributed by atoms with Crippen molar-refractivity contribution in [1.29, 1.82) is 5.26 Å². The number of alkyl halides is 12. The van der Waals surface area contributed by atoms with Gasteiger partial charge in [-0.3, -0.25) is 0 Å². The summed E-state index contributed by atoms with van der Waals surface area (Å²) in [6.45, 7) is 0. The fourth-order valence-electron chi connectivity index (χ4n) is 8.27. The molecular formula is C47H23F12N3. The van der Waals surface area contributed by atoms with E-state index in [1.54, 1.807) is 53.1 Å². The van der Waals surface area contributed by atoms with Gasteiger partial charge in [0.25, 0.3) is 0 Å². The third kappa shape index (κ3) is 6.57. The van der Waals surface area contributed by atoms with Gasteiger partial charge < -0.3 is 9.13 Å². The molecule has 0 atom stereocenters. The van der Waals surface area contributed by atoms with Crippen LogP contribution in [0.4, 0.5) is 52.7 Å². The van der Waals surface area contributed by atoms with Crippen molar-refractivity contribution < 1.29 is 52.7 Å². The third-order valence-corrected chi connectivity index (χ3v) is 10.9. The Bertz CT molecular complexity index is 3290. The fourth-order valence-corrected chi connectivity index (χ4v) is 8.27. The molecule has 0 amide bonds. The molecule has 0 aliphatic rings. The molecule has 0 N–H and O–H groups in total. The molecule has 62 heavy (non-hydrogen) atoms.